The molecule has 1 aliphatic heterocycles. The highest BCUT2D eigenvalue weighted by atomic mass is 32.2. The summed E-state index contributed by atoms with van der Waals surface area (Å²) in [5.74, 6) is -0.912. The number of aryl methyl sites for hydroxylation is 1. The molecule has 1 N–H and O–H groups in total. The number of hydrogen-bond acceptors (Lipinski definition) is 5. The quantitative estimate of drug-likeness (QED) is 0.791. The lowest BCUT2D eigenvalue weighted by Crippen LogP contribution is -2.38. The van der Waals surface area contributed by atoms with Gasteiger partial charge in [0.15, 0.2) is 16.4 Å². The number of carbonyl (C=O) groups is 2. The number of benzene rings is 1. The number of hydrogen-bond donors (Lipinski definition) is 1. The van der Waals surface area contributed by atoms with Gasteiger partial charge in [-0.15, -0.1) is 0 Å². The van der Waals surface area contributed by atoms with Gasteiger partial charge >= 0.3 is 5.97 Å². The summed E-state index contributed by atoms with van der Waals surface area (Å²) in [6.45, 7) is 1.51. The molecule has 1 atom stereocenters. The molecule has 0 unspecified atom stereocenters. The van der Waals surface area contributed by atoms with Crippen LogP contribution in [0.25, 0.3) is 0 Å². The Hall–Kier alpha value is -1.89. The van der Waals surface area contributed by atoms with Gasteiger partial charge in [0.05, 0.1) is 17.9 Å². The third-order valence-electron chi connectivity index (χ3n) is 3.56. The summed E-state index contributed by atoms with van der Waals surface area (Å²) in [5.41, 5.74) is 1.84. The smallest absolute Gasteiger partial charge is 0.310 e. The molecule has 1 aromatic rings. The monoisotopic (exact) mass is 325 g/mol. The Morgan fingerprint density at radius 3 is 2.68 bits per heavy atom. The number of amides is 1. The molecule has 120 valence electrons. The molecule has 0 spiro atoms. The molecule has 1 aliphatic rings. The second-order valence-corrected chi connectivity index (χ2v) is 7.66. The van der Waals surface area contributed by atoms with Crippen molar-refractivity contribution in [3.05, 3.63) is 35.4 Å². The fourth-order valence-corrected chi connectivity index (χ4v) is 4.01. The predicted octanol–water partition coefficient (Wildman–Crippen LogP) is 0.384. The fraction of sp³-hybridized carbons (Fsp3) is 0.467. The zero-order chi connectivity index (χ0) is 16.2. The van der Waals surface area contributed by atoms with E-state index in [9.17, 15) is 18.0 Å². The molecule has 1 amide bonds. The van der Waals surface area contributed by atoms with Crippen LogP contribution in [-0.4, -0.2) is 44.4 Å². The number of rotatable bonds is 5. The van der Waals surface area contributed by atoms with Crippen LogP contribution >= 0.6 is 0 Å². The molecule has 0 aliphatic carbocycles. The van der Waals surface area contributed by atoms with Gasteiger partial charge < -0.3 is 10.1 Å². The predicted molar refractivity (Wildman–Crippen MR) is 81.0 cm³/mol. The standard InChI is InChI=1S/C15H19NO5S/c1-11-4-2-3-5-12(11)8-15(18)21-9-14(17)16-13-6-7-22(19,20)10-13/h2-5,13H,6-10H2,1H3,(H,16,17)/t13-/m0/s1. The molecule has 22 heavy (non-hydrogen) atoms. The van der Waals surface area contributed by atoms with Crippen LogP contribution < -0.4 is 5.32 Å². The van der Waals surface area contributed by atoms with E-state index in [4.69, 9.17) is 4.74 Å². The lowest BCUT2D eigenvalue weighted by atomic mass is 10.1. The summed E-state index contributed by atoms with van der Waals surface area (Å²) in [7, 11) is -3.04. The summed E-state index contributed by atoms with van der Waals surface area (Å²) in [5, 5.41) is 2.57. The molecule has 1 fully saturated rings. The van der Waals surface area contributed by atoms with E-state index in [2.05, 4.69) is 5.32 Å². The van der Waals surface area contributed by atoms with Crippen molar-refractivity contribution in [1.82, 2.24) is 5.32 Å². The average molecular weight is 325 g/mol. The van der Waals surface area contributed by atoms with Crippen LogP contribution in [0.15, 0.2) is 24.3 Å². The van der Waals surface area contributed by atoms with Crippen LogP contribution in [0.4, 0.5) is 0 Å². The van der Waals surface area contributed by atoms with Gasteiger partial charge in [0.1, 0.15) is 0 Å². The molecule has 0 bridgehead atoms. The van der Waals surface area contributed by atoms with E-state index in [-0.39, 0.29) is 30.6 Å². The van der Waals surface area contributed by atoms with E-state index in [0.717, 1.165) is 11.1 Å². The first-order valence-corrected chi connectivity index (χ1v) is 8.88. The van der Waals surface area contributed by atoms with Crippen LogP contribution in [0.2, 0.25) is 0 Å². The van der Waals surface area contributed by atoms with Crippen molar-refractivity contribution in [3.8, 4) is 0 Å². The first-order chi connectivity index (χ1) is 10.4. The highest BCUT2D eigenvalue weighted by Crippen LogP contribution is 2.11. The first kappa shape index (κ1) is 16.5. The molecule has 0 aromatic heterocycles. The normalized spacial score (nSPS) is 19.6. The number of sulfone groups is 1. The highest BCUT2D eigenvalue weighted by Gasteiger charge is 2.29. The van der Waals surface area contributed by atoms with Crippen LogP contribution in [-0.2, 0) is 30.6 Å². The van der Waals surface area contributed by atoms with Crippen molar-refractivity contribution >= 4 is 21.7 Å². The lowest BCUT2D eigenvalue weighted by Gasteiger charge is -2.11. The third kappa shape index (κ3) is 4.84. The zero-order valence-electron chi connectivity index (χ0n) is 12.4. The van der Waals surface area contributed by atoms with E-state index in [1.165, 1.54) is 0 Å². The lowest BCUT2D eigenvalue weighted by molar-refractivity contribution is -0.148. The molecule has 7 heteroatoms. The van der Waals surface area contributed by atoms with Gasteiger partial charge in [0.2, 0.25) is 0 Å². The van der Waals surface area contributed by atoms with Crippen molar-refractivity contribution in [3.63, 3.8) is 0 Å². The Morgan fingerprint density at radius 2 is 2.05 bits per heavy atom. The summed E-state index contributed by atoms with van der Waals surface area (Å²) < 4.78 is 27.5. The van der Waals surface area contributed by atoms with Crippen LogP contribution in [0.5, 0.6) is 0 Å². The largest absolute Gasteiger partial charge is 0.455 e. The summed E-state index contributed by atoms with van der Waals surface area (Å²) in [4.78, 5) is 23.4. The zero-order valence-corrected chi connectivity index (χ0v) is 13.2. The van der Waals surface area contributed by atoms with Gasteiger partial charge in [-0.1, -0.05) is 24.3 Å². The summed E-state index contributed by atoms with van der Waals surface area (Å²) in [6.07, 6.45) is 0.517. The minimum atomic E-state index is -3.04. The maximum absolute atomic E-state index is 11.7. The molecule has 1 saturated heterocycles. The van der Waals surface area contributed by atoms with E-state index in [1.54, 1.807) is 0 Å². The minimum absolute atomic E-state index is 0.0457. The topological polar surface area (TPSA) is 89.5 Å². The van der Waals surface area contributed by atoms with Gasteiger partial charge in [-0.05, 0) is 24.5 Å². The van der Waals surface area contributed by atoms with Gasteiger partial charge in [-0.2, -0.15) is 0 Å². The van der Waals surface area contributed by atoms with Crippen LogP contribution in [0.1, 0.15) is 17.5 Å². The number of ether oxygens (including phenoxy) is 1. The van der Waals surface area contributed by atoms with Crippen LogP contribution in [0.3, 0.4) is 0 Å². The maximum Gasteiger partial charge on any atom is 0.310 e. The molecule has 1 heterocycles. The molecule has 0 saturated carbocycles. The Balaban J connectivity index is 1.74. The van der Waals surface area contributed by atoms with Gasteiger partial charge in [0, 0.05) is 6.04 Å². The van der Waals surface area contributed by atoms with Crippen molar-refractivity contribution in [2.75, 3.05) is 18.1 Å². The van der Waals surface area contributed by atoms with E-state index >= 15 is 0 Å². The van der Waals surface area contributed by atoms with Gasteiger partial charge in [-0.25, -0.2) is 8.42 Å². The molecule has 6 nitrogen and oxygen atoms in total. The van der Waals surface area contributed by atoms with Crippen molar-refractivity contribution in [1.29, 1.82) is 0 Å². The Bertz CT molecular complexity index is 668. The van der Waals surface area contributed by atoms with Crippen LogP contribution in [0, 0.1) is 6.92 Å². The van der Waals surface area contributed by atoms with E-state index in [0.29, 0.717) is 6.42 Å². The first-order valence-electron chi connectivity index (χ1n) is 7.05. The molecular formula is C15H19NO5S. The van der Waals surface area contributed by atoms with E-state index < -0.39 is 21.7 Å². The summed E-state index contributed by atoms with van der Waals surface area (Å²) in [6, 6.07) is 7.07. The van der Waals surface area contributed by atoms with Crippen molar-refractivity contribution in [2.24, 2.45) is 0 Å². The molecule has 0 radical (unpaired) electrons. The summed E-state index contributed by atoms with van der Waals surface area (Å²) >= 11 is 0. The highest BCUT2D eigenvalue weighted by molar-refractivity contribution is 7.91. The van der Waals surface area contributed by atoms with Crippen molar-refractivity contribution in [2.45, 2.75) is 25.8 Å². The SMILES string of the molecule is Cc1ccccc1CC(=O)OCC(=O)N[C@H]1CCS(=O)(=O)C1. The number of nitrogens with one attached hydrogen (secondary N) is 1. The van der Waals surface area contributed by atoms with E-state index in [1.807, 2.05) is 31.2 Å². The minimum Gasteiger partial charge on any atom is -0.455 e. The van der Waals surface area contributed by atoms with Gasteiger partial charge in [0.25, 0.3) is 5.91 Å². The molecular weight excluding hydrogens is 306 g/mol. The maximum atomic E-state index is 11.7. The second kappa shape index (κ2) is 6.91. The second-order valence-electron chi connectivity index (χ2n) is 5.43. The van der Waals surface area contributed by atoms with Crippen molar-refractivity contribution < 1.29 is 22.7 Å². The molecule has 1 aromatic carbocycles. The molecule has 2 rings (SSSR count). The fourth-order valence-electron chi connectivity index (χ4n) is 2.34. The number of esters is 1. The third-order valence-corrected chi connectivity index (χ3v) is 5.33. The Morgan fingerprint density at radius 1 is 1.32 bits per heavy atom. The average Bonchev–Trinajstić information content (AvgIpc) is 2.78. The number of carbonyl (C=O) groups excluding carboxylic acids is 2. The van der Waals surface area contributed by atoms with Gasteiger partial charge in [-0.3, -0.25) is 9.59 Å². The Kier molecular flexibility index (Phi) is 5.18. The Labute approximate surface area is 129 Å².